The Balaban J connectivity index is 0.000000306. The Labute approximate surface area is 464 Å². The van der Waals surface area contributed by atoms with Gasteiger partial charge in [-0.3, -0.25) is 4.79 Å². The summed E-state index contributed by atoms with van der Waals surface area (Å²) in [5.74, 6) is 2.02. The molecule has 1 saturated carbocycles. The zero-order chi connectivity index (χ0) is 63.1. The van der Waals surface area contributed by atoms with E-state index in [1.165, 1.54) is 37.7 Å². The van der Waals surface area contributed by atoms with E-state index < -0.39 is 195 Å². The second-order valence-corrected chi connectivity index (χ2v) is 19.6. The third kappa shape index (κ3) is 15.4. The summed E-state index contributed by atoms with van der Waals surface area (Å²) >= 11 is 0. The van der Waals surface area contributed by atoms with Gasteiger partial charge in [0.05, 0.1) is 50.7 Å². The Bertz CT molecular complexity index is 3060. The number of halogens is 24. The SMILES string of the molecule is FC(F)(F)c1cc([B-](c2cc(C(F)(F)F)cc(C(F)(F)F)c2)(c2cc(C(F)(F)F)cc(C(F)(F)F)c2)c2cc(C(F)(F)F)cc(C(F)(F)F)c2)cc(C(F)(F)F)c1.O=C(C[n+]1ccncc1Oc1ccc(C2CCCCC2)cc1)c1ccccc1. The van der Waals surface area contributed by atoms with Crippen LogP contribution in [0.25, 0.3) is 0 Å². The van der Waals surface area contributed by atoms with Gasteiger partial charge < -0.3 is 4.74 Å². The summed E-state index contributed by atoms with van der Waals surface area (Å²) in [4.78, 5) is 16.7. The number of aromatic nitrogens is 2. The first-order chi connectivity index (χ1) is 39.1. The normalized spacial score (nSPS) is 14.4. The van der Waals surface area contributed by atoms with E-state index in [0.29, 0.717) is 17.4 Å². The summed E-state index contributed by atoms with van der Waals surface area (Å²) in [6, 6.07) is 8.86. The van der Waals surface area contributed by atoms with E-state index in [9.17, 15) is 110 Å². The molecule has 1 aliphatic rings. The predicted molar refractivity (Wildman–Crippen MR) is 258 cm³/mol. The van der Waals surface area contributed by atoms with Gasteiger partial charge in [0.2, 0.25) is 12.3 Å². The van der Waals surface area contributed by atoms with Gasteiger partial charge in [-0.1, -0.05) is 110 Å². The predicted octanol–water partition coefficient (Wildman–Crippen LogP) is 16.3. The van der Waals surface area contributed by atoms with Crippen LogP contribution in [0.2, 0.25) is 0 Å². The molecule has 1 heterocycles. The van der Waals surface area contributed by atoms with Crippen LogP contribution in [-0.4, -0.2) is 16.9 Å². The Morgan fingerprint density at radius 1 is 0.435 bits per heavy atom. The molecule has 6 aromatic carbocycles. The van der Waals surface area contributed by atoms with Crippen molar-refractivity contribution < 1.29 is 119 Å². The van der Waals surface area contributed by atoms with Gasteiger partial charge in [0.15, 0.2) is 6.20 Å². The molecule has 454 valence electrons. The Morgan fingerprint density at radius 2 is 0.753 bits per heavy atom. The lowest BCUT2D eigenvalue weighted by atomic mass is 9.12. The van der Waals surface area contributed by atoms with Crippen LogP contribution in [0.5, 0.6) is 11.6 Å². The molecule has 0 saturated heterocycles. The Morgan fingerprint density at radius 3 is 1.06 bits per heavy atom. The van der Waals surface area contributed by atoms with Gasteiger partial charge >= 0.3 is 55.3 Å². The molecule has 0 spiro atoms. The number of ketones is 1. The van der Waals surface area contributed by atoms with Crippen molar-refractivity contribution in [2.24, 2.45) is 0 Å². The van der Waals surface area contributed by atoms with Gasteiger partial charge in [0, 0.05) is 5.56 Å². The van der Waals surface area contributed by atoms with Gasteiger partial charge in [0.1, 0.15) is 18.1 Å². The number of hydrogen-bond donors (Lipinski definition) is 0. The fraction of sp³-hybridized carbons (Fsp3) is 0.268. The molecular formula is C56H37BF24N2O2. The third-order valence-corrected chi connectivity index (χ3v) is 13.8. The van der Waals surface area contributed by atoms with E-state index >= 15 is 0 Å². The molecule has 8 rings (SSSR count). The van der Waals surface area contributed by atoms with Crippen molar-refractivity contribution in [2.75, 3.05) is 0 Å². The smallest absolute Gasteiger partial charge is 0.404 e. The maximum atomic E-state index is 14.2. The zero-order valence-electron chi connectivity index (χ0n) is 42.5. The quantitative estimate of drug-likeness (QED) is 0.0593. The van der Waals surface area contributed by atoms with Gasteiger partial charge in [-0.2, -0.15) is 132 Å². The summed E-state index contributed by atoms with van der Waals surface area (Å²) < 4.78 is 349. The first-order valence-electron chi connectivity index (χ1n) is 24.6. The number of rotatable bonds is 10. The highest BCUT2D eigenvalue weighted by molar-refractivity contribution is 7.20. The van der Waals surface area contributed by atoms with Crippen molar-refractivity contribution >= 4 is 33.8 Å². The number of ether oxygens (including phenoxy) is 1. The average molecular weight is 1240 g/mol. The van der Waals surface area contributed by atoms with Crippen molar-refractivity contribution in [3.63, 3.8) is 0 Å². The van der Waals surface area contributed by atoms with Crippen LogP contribution in [0.1, 0.15) is 98.5 Å². The maximum absolute atomic E-state index is 14.2. The molecule has 0 aliphatic heterocycles. The maximum Gasteiger partial charge on any atom is 0.416 e. The molecule has 0 bridgehead atoms. The standard InChI is InChI=1S/C32H12BF24.C24H25N2O2/c34-25(35,36)13-1-14(26(37,38)39)6-21(5-13)33(22-7-15(27(40,41)42)2-16(8-22)28(43,44)45,23-9-17(29(46,47)48)3-18(10-23)30(49,50)51)24-11-19(31(52,53)54)4-20(12-24)32(55,56)57;27-23(21-9-5-2-6-10-21)18-26-16-15-25-17-24(26)28-22-13-11-20(12-14-22)19-7-3-1-4-8-19/h1-12H;2,5-6,9-17,19H,1,3-4,7-8,18H2/q-1;+1. The number of nitrogens with zero attached hydrogens (tertiary/aromatic N) is 2. The minimum atomic E-state index is -6.13. The second-order valence-electron chi connectivity index (χ2n) is 19.6. The average Bonchev–Trinajstić information content (AvgIpc) is 0.756. The highest BCUT2D eigenvalue weighted by Crippen LogP contribution is 2.42. The molecule has 1 aromatic heterocycles. The molecule has 1 fully saturated rings. The minimum absolute atomic E-state index is 0.0364. The van der Waals surface area contributed by atoms with Gasteiger partial charge in [-0.05, 0) is 60.7 Å². The summed E-state index contributed by atoms with van der Waals surface area (Å²) in [5.41, 5.74) is -28.1. The van der Waals surface area contributed by atoms with E-state index in [0.717, 1.165) is 5.75 Å². The van der Waals surface area contributed by atoms with Crippen LogP contribution >= 0.6 is 0 Å². The van der Waals surface area contributed by atoms with Crippen molar-refractivity contribution in [1.82, 2.24) is 4.98 Å². The van der Waals surface area contributed by atoms with Crippen LogP contribution in [-0.2, 0) is 56.0 Å². The zero-order valence-corrected chi connectivity index (χ0v) is 42.5. The monoisotopic (exact) mass is 1240 g/mol. The van der Waals surface area contributed by atoms with Crippen LogP contribution in [0.4, 0.5) is 105 Å². The van der Waals surface area contributed by atoms with Gasteiger partial charge in [-0.15, -0.1) is 0 Å². The number of alkyl halides is 24. The van der Waals surface area contributed by atoms with E-state index in [2.05, 4.69) is 17.1 Å². The number of carbonyl (C=O) groups is 1. The highest BCUT2D eigenvalue weighted by atomic mass is 19.4. The van der Waals surface area contributed by atoms with Gasteiger partial charge in [0.25, 0.3) is 0 Å². The molecule has 4 nitrogen and oxygen atoms in total. The topological polar surface area (TPSA) is 43.1 Å². The fourth-order valence-corrected chi connectivity index (χ4v) is 9.89. The van der Waals surface area contributed by atoms with Crippen molar-refractivity contribution in [1.29, 1.82) is 0 Å². The van der Waals surface area contributed by atoms with Crippen molar-refractivity contribution in [3.8, 4) is 11.6 Å². The molecule has 0 unspecified atom stereocenters. The van der Waals surface area contributed by atoms with E-state index in [1.54, 1.807) is 23.2 Å². The Kier molecular flexibility index (Phi) is 18.0. The second kappa shape index (κ2) is 23.6. The highest BCUT2D eigenvalue weighted by Gasteiger charge is 2.47. The van der Waals surface area contributed by atoms with Gasteiger partial charge in [-0.25, -0.2) is 4.98 Å². The Hall–Kier alpha value is -7.75. The summed E-state index contributed by atoms with van der Waals surface area (Å²) in [6.45, 7) is 0.210. The minimum Gasteiger partial charge on any atom is -0.404 e. The molecule has 1 aliphatic carbocycles. The molecule has 0 radical (unpaired) electrons. The molecule has 85 heavy (non-hydrogen) atoms. The van der Waals surface area contributed by atoms with Crippen LogP contribution in [0.15, 0.2) is 146 Å². The molecule has 0 atom stereocenters. The van der Waals surface area contributed by atoms with E-state index in [4.69, 9.17) is 4.74 Å². The molecule has 7 aromatic rings. The number of Topliss-reactive ketones (excluding diaryl/α,β-unsaturated/α-hetero) is 1. The number of hydrogen-bond acceptors (Lipinski definition) is 3. The summed E-state index contributed by atoms with van der Waals surface area (Å²) in [7, 11) is 0. The van der Waals surface area contributed by atoms with Crippen molar-refractivity contribution in [3.05, 3.63) is 202 Å². The van der Waals surface area contributed by atoms with Crippen LogP contribution in [0, 0.1) is 0 Å². The summed E-state index contributed by atoms with van der Waals surface area (Å²) in [6.07, 6.45) is -43.1. The molecular weight excluding hydrogens is 1200 g/mol. The van der Waals surface area contributed by atoms with E-state index in [-0.39, 0.29) is 12.3 Å². The molecule has 0 amide bonds. The molecule has 0 N–H and O–H groups in total. The molecule has 29 heteroatoms. The first kappa shape index (κ1) is 64.8. The summed E-state index contributed by atoms with van der Waals surface area (Å²) in [5, 5.41) is 0. The lowest BCUT2D eigenvalue weighted by Crippen LogP contribution is -2.75. The fourth-order valence-electron chi connectivity index (χ4n) is 9.89. The van der Waals surface area contributed by atoms with Crippen LogP contribution < -0.4 is 31.2 Å². The third-order valence-electron chi connectivity index (χ3n) is 13.8. The lowest BCUT2D eigenvalue weighted by Gasteiger charge is -2.46. The first-order valence-corrected chi connectivity index (χ1v) is 24.6. The number of benzene rings is 6. The van der Waals surface area contributed by atoms with Crippen LogP contribution in [0.3, 0.4) is 0 Å². The lowest BCUT2D eigenvalue weighted by molar-refractivity contribution is -0.687. The van der Waals surface area contributed by atoms with Crippen molar-refractivity contribution in [2.45, 2.75) is 94.0 Å². The largest absolute Gasteiger partial charge is 0.416 e. The number of carbonyl (C=O) groups excluding carboxylic acids is 1. The van der Waals surface area contributed by atoms with E-state index in [1.807, 2.05) is 42.5 Å².